The highest BCUT2D eigenvalue weighted by Gasteiger charge is 2.41. The van der Waals surface area contributed by atoms with Gasteiger partial charge in [-0.25, -0.2) is 18.0 Å². The molecule has 1 unspecified atom stereocenters. The minimum atomic E-state index is -0.844. The van der Waals surface area contributed by atoms with E-state index >= 15 is 0 Å². The van der Waals surface area contributed by atoms with Gasteiger partial charge in [0.2, 0.25) is 5.91 Å². The molecule has 5 nitrogen and oxygen atoms in total. The number of halogens is 3. The van der Waals surface area contributed by atoms with Gasteiger partial charge in [0, 0.05) is 30.0 Å². The van der Waals surface area contributed by atoms with Gasteiger partial charge in [0.15, 0.2) is 0 Å². The summed E-state index contributed by atoms with van der Waals surface area (Å²) in [5.74, 6) is -1.65. The van der Waals surface area contributed by atoms with Gasteiger partial charge >= 0.3 is 6.09 Å². The van der Waals surface area contributed by atoms with Crippen LogP contribution >= 0.6 is 0 Å². The molecule has 0 radical (unpaired) electrons. The SMILES string of the molecule is C[C@@H](c1ccc(-c2ccc(F)cc2F)cc1)N1CCC(CCCOC(N)=O)(c2ccc(F)cc2)CC1=O. The lowest BCUT2D eigenvalue weighted by molar-refractivity contribution is -0.138. The van der Waals surface area contributed by atoms with E-state index in [0.29, 0.717) is 36.9 Å². The average molecular weight is 511 g/mol. The molecule has 1 saturated heterocycles. The van der Waals surface area contributed by atoms with Crippen molar-refractivity contribution >= 4 is 12.0 Å². The van der Waals surface area contributed by atoms with Crippen LogP contribution in [0.25, 0.3) is 11.1 Å². The van der Waals surface area contributed by atoms with E-state index in [1.54, 1.807) is 24.3 Å². The molecule has 1 aliphatic rings. The van der Waals surface area contributed by atoms with Crippen LogP contribution in [0.15, 0.2) is 66.7 Å². The molecule has 0 bridgehead atoms. The molecule has 3 aromatic rings. The van der Waals surface area contributed by atoms with Crippen LogP contribution in [0.2, 0.25) is 0 Å². The molecular formula is C29H29F3N2O3. The average Bonchev–Trinajstić information content (AvgIpc) is 2.87. The first-order valence-electron chi connectivity index (χ1n) is 12.2. The number of ether oxygens (including phenoxy) is 1. The van der Waals surface area contributed by atoms with E-state index in [1.165, 1.54) is 24.3 Å². The monoisotopic (exact) mass is 510 g/mol. The molecule has 2 atom stereocenters. The van der Waals surface area contributed by atoms with E-state index in [1.807, 2.05) is 24.0 Å². The summed E-state index contributed by atoms with van der Waals surface area (Å²) in [5.41, 5.74) is 7.24. The number of primary amides is 1. The van der Waals surface area contributed by atoms with Crippen LogP contribution in [-0.2, 0) is 14.9 Å². The maximum atomic E-state index is 14.2. The number of amides is 2. The molecule has 194 valence electrons. The van der Waals surface area contributed by atoms with Crippen molar-refractivity contribution in [2.45, 2.75) is 44.1 Å². The summed E-state index contributed by atoms with van der Waals surface area (Å²) in [6.45, 7) is 2.58. The Hall–Kier alpha value is -3.81. The van der Waals surface area contributed by atoms with Gasteiger partial charge in [0.25, 0.3) is 0 Å². The Bertz CT molecular complexity index is 1260. The summed E-state index contributed by atoms with van der Waals surface area (Å²) in [6.07, 6.45) is 1.15. The van der Waals surface area contributed by atoms with Gasteiger partial charge in [-0.1, -0.05) is 36.4 Å². The highest BCUT2D eigenvalue weighted by molar-refractivity contribution is 5.79. The van der Waals surface area contributed by atoms with Gasteiger partial charge in [-0.3, -0.25) is 4.79 Å². The summed E-state index contributed by atoms with van der Waals surface area (Å²) < 4.78 is 45.9. The zero-order valence-corrected chi connectivity index (χ0v) is 20.6. The minimum absolute atomic E-state index is 0.0347. The Balaban J connectivity index is 1.50. The largest absolute Gasteiger partial charge is 0.450 e. The molecule has 0 aliphatic carbocycles. The molecule has 3 aromatic carbocycles. The fraction of sp³-hybridized carbons (Fsp3) is 0.310. The fourth-order valence-corrected chi connectivity index (χ4v) is 5.18. The first kappa shape index (κ1) is 26.3. The normalized spacial score (nSPS) is 18.5. The Labute approximate surface area is 214 Å². The molecule has 37 heavy (non-hydrogen) atoms. The van der Waals surface area contributed by atoms with Gasteiger partial charge < -0.3 is 15.4 Å². The highest BCUT2D eigenvalue weighted by Crippen LogP contribution is 2.42. The van der Waals surface area contributed by atoms with Crippen LogP contribution in [0, 0.1) is 17.5 Å². The summed E-state index contributed by atoms with van der Waals surface area (Å²) in [7, 11) is 0. The Morgan fingerprint density at radius 2 is 1.70 bits per heavy atom. The van der Waals surface area contributed by atoms with Crippen molar-refractivity contribution in [1.29, 1.82) is 0 Å². The van der Waals surface area contributed by atoms with Gasteiger partial charge in [0.05, 0.1) is 12.6 Å². The Morgan fingerprint density at radius 3 is 2.32 bits per heavy atom. The zero-order chi connectivity index (χ0) is 26.6. The highest BCUT2D eigenvalue weighted by atomic mass is 19.1. The van der Waals surface area contributed by atoms with E-state index in [2.05, 4.69) is 0 Å². The third kappa shape index (κ3) is 5.96. The molecule has 1 aliphatic heterocycles. The molecule has 2 amide bonds. The number of likely N-dealkylation sites (tertiary alicyclic amines) is 1. The van der Waals surface area contributed by atoms with Crippen molar-refractivity contribution in [3.05, 3.63) is 95.3 Å². The molecule has 1 heterocycles. The number of piperidine rings is 1. The maximum Gasteiger partial charge on any atom is 0.404 e. The standard InChI is InChI=1S/C29H29F3N2O3/c1-19(20-3-5-21(6-4-20)25-12-11-24(31)17-26(25)32)34-15-14-29(18-27(34)35,13-2-16-37-28(33)36)22-7-9-23(30)10-8-22/h3-12,17,19H,2,13-16,18H2,1H3,(H2,33,36)/t19-,29?/m0/s1. The summed E-state index contributed by atoms with van der Waals surface area (Å²) in [5, 5.41) is 0. The molecular weight excluding hydrogens is 481 g/mol. The number of benzene rings is 3. The Morgan fingerprint density at radius 1 is 1.03 bits per heavy atom. The van der Waals surface area contributed by atoms with Gasteiger partial charge in [-0.15, -0.1) is 0 Å². The first-order chi connectivity index (χ1) is 17.7. The van der Waals surface area contributed by atoms with E-state index in [4.69, 9.17) is 10.5 Å². The number of hydrogen-bond donors (Lipinski definition) is 1. The van der Waals surface area contributed by atoms with E-state index in [0.717, 1.165) is 17.2 Å². The van der Waals surface area contributed by atoms with Gasteiger partial charge in [-0.2, -0.15) is 0 Å². The number of carbonyl (C=O) groups is 2. The molecule has 0 saturated carbocycles. The molecule has 4 rings (SSSR count). The van der Waals surface area contributed by atoms with Crippen LogP contribution in [0.4, 0.5) is 18.0 Å². The van der Waals surface area contributed by atoms with Crippen molar-refractivity contribution in [2.24, 2.45) is 5.73 Å². The quantitative estimate of drug-likeness (QED) is 0.363. The van der Waals surface area contributed by atoms with Crippen LogP contribution in [0.1, 0.15) is 49.8 Å². The van der Waals surface area contributed by atoms with E-state index < -0.39 is 23.1 Å². The van der Waals surface area contributed by atoms with Crippen molar-refractivity contribution in [1.82, 2.24) is 4.90 Å². The number of nitrogens with two attached hydrogens (primary N) is 1. The second-order valence-corrected chi connectivity index (χ2v) is 9.49. The maximum absolute atomic E-state index is 14.2. The third-order valence-electron chi connectivity index (χ3n) is 7.24. The molecule has 8 heteroatoms. The van der Waals surface area contributed by atoms with Crippen molar-refractivity contribution in [3.8, 4) is 11.1 Å². The number of carbonyl (C=O) groups excluding carboxylic acids is 2. The van der Waals surface area contributed by atoms with Crippen LogP contribution in [-0.4, -0.2) is 30.1 Å². The van der Waals surface area contributed by atoms with E-state index in [9.17, 15) is 22.8 Å². The van der Waals surface area contributed by atoms with Crippen molar-refractivity contribution in [2.75, 3.05) is 13.2 Å². The topological polar surface area (TPSA) is 72.6 Å². The lowest BCUT2D eigenvalue weighted by Crippen LogP contribution is -2.47. The predicted octanol–water partition coefficient (Wildman–Crippen LogP) is 6.27. The van der Waals surface area contributed by atoms with Crippen LogP contribution in [0.5, 0.6) is 0 Å². The second kappa shape index (κ2) is 11.1. The van der Waals surface area contributed by atoms with Gasteiger partial charge in [-0.05, 0) is 67.1 Å². The summed E-state index contributed by atoms with van der Waals surface area (Å²) in [4.78, 5) is 26.2. The summed E-state index contributed by atoms with van der Waals surface area (Å²) >= 11 is 0. The lowest BCUT2D eigenvalue weighted by Gasteiger charge is -2.44. The first-order valence-corrected chi connectivity index (χ1v) is 12.2. The second-order valence-electron chi connectivity index (χ2n) is 9.49. The molecule has 0 aromatic heterocycles. The molecule has 0 spiro atoms. The van der Waals surface area contributed by atoms with Crippen LogP contribution in [0.3, 0.4) is 0 Å². The van der Waals surface area contributed by atoms with E-state index in [-0.39, 0.29) is 30.8 Å². The third-order valence-corrected chi connectivity index (χ3v) is 7.24. The van der Waals surface area contributed by atoms with Crippen molar-refractivity contribution in [3.63, 3.8) is 0 Å². The number of rotatable bonds is 8. The smallest absolute Gasteiger partial charge is 0.404 e. The molecule has 2 N–H and O–H groups in total. The number of hydrogen-bond acceptors (Lipinski definition) is 3. The lowest BCUT2D eigenvalue weighted by atomic mass is 9.69. The van der Waals surface area contributed by atoms with Gasteiger partial charge in [0.1, 0.15) is 17.5 Å². The zero-order valence-electron chi connectivity index (χ0n) is 20.6. The van der Waals surface area contributed by atoms with Crippen molar-refractivity contribution < 1.29 is 27.5 Å². The number of nitrogens with zero attached hydrogens (tertiary/aromatic N) is 1. The minimum Gasteiger partial charge on any atom is -0.450 e. The molecule has 1 fully saturated rings. The van der Waals surface area contributed by atoms with Crippen LogP contribution < -0.4 is 5.73 Å². The predicted molar refractivity (Wildman–Crippen MR) is 134 cm³/mol. The summed E-state index contributed by atoms with van der Waals surface area (Å²) in [6, 6.07) is 16.7. The Kier molecular flexibility index (Phi) is 7.86. The fourth-order valence-electron chi connectivity index (χ4n) is 5.18.